The van der Waals surface area contributed by atoms with Crippen molar-refractivity contribution in [1.82, 2.24) is 9.88 Å². The van der Waals surface area contributed by atoms with Gasteiger partial charge in [0.25, 0.3) is 0 Å². The summed E-state index contributed by atoms with van der Waals surface area (Å²) in [4.78, 5) is 9.33. The maximum Gasteiger partial charge on any atom is 0.146 e. The van der Waals surface area contributed by atoms with Crippen molar-refractivity contribution in [3.05, 3.63) is 22.9 Å². The van der Waals surface area contributed by atoms with E-state index in [1.54, 1.807) is 7.11 Å². The third kappa shape index (κ3) is 3.34. The standard InChI is InChI=1S/C18H26N4O/c1-21-12-16(23-3)9-15(21)11-22(2)18-14(10-19)8-13-6-4-5-7-17(13)20-18/h8,15-16H,4-7,9,11-12H2,1-3H3/t15-,16-/m0/s1. The van der Waals surface area contributed by atoms with Gasteiger partial charge < -0.3 is 9.64 Å². The van der Waals surface area contributed by atoms with Crippen molar-refractivity contribution in [3.8, 4) is 6.07 Å². The predicted molar refractivity (Wildman–Crippen MR) is 90.7 cm³/mol. The van der Waals surface area contributed by atoms with Crippen molar-refractivity contribution in [2.75, 3.05) is 39.2 Å². The molecule has 0 amide bonds. The van der Waals surface area contributed by atoms with E-state index in [0.717, 1.165) is 38.2 Å². The number of hydrogen-bond acceptors (Lipinski definition) is 5. The lowest BCUT2D eigenvalue weighted by Crippen LogP contribution is -2.37. The molecule has 3 rings (SSSR count). The molecule has 2 atom stereocenters. The number of anilines is 1. The first-order chi connectivity index (χ1) is 11.1. The summed E-state index contributed by atoms with van der Waals surface area (Å²) in [6, 6.07) is 4.84. The number of rotatable bonds is 4. The molecule has 1 aromatic heterocycles. The highest BCUT2D eigenvalue weighted by molar-refractivity contribution is 5.56. The Balaban J connectivity index is 1.79. The third-order valence-electron chi connectivity index (χ3n) is 5.23. The second-order valence-corrected chi connectivity index (χ2v) is 6.85. The van der Waals surface area contributed by atoms with Crippen molar-refractivity contribution in [2.45, 2.75) is 44.2 Å². The zero-order valence-corrected chi connectivity index (χ0v) is 14.4. The van der Waals surface area contributed by atoms with E-state index >= 15 is 0 Å². The summed E-state index contributed by atoms with van der Waals surface area (Å²) in [6.07, 6.45) is 5.85. The number of pyridine rings is 1. The zero-order valence-electron chi connectivity index (χ0n) is 14.4. The molecule has 1 aliphatic carbocycles. The number of likely N-dealkylation sites (tertiary alicyclic amines) is 1. The Bertz CT molecular complexity index is 610. The van der Waals surface area contributed by atoms with E-state index in [1.165, 1.54) is 24.1 Å². The van der Waals surface area contributed by atoms with Gasteiger partial charge in [0.15, 0.2) is 0 Å². The fourth-order valence-electron chi connectivity index (χ4n) is 3.81. The summed E-state index contributed by atoms with van der Waals surface area (Å²) < 4.78 is 5.49. The number of nitrogens with zero attached hydrogens (tertiary/aromatic N) is 4. The largest absolute Gasteiger partial charge is 0.380 e. The average molecular weight is 314 g/mol. The molecule has 0 aromatic carbocycles. The summed E-state index contributed by atoms with van der Waals surface area (Å²) in [5.74, 6) is 0.836. The van der Waals surface area contributed by atoms with E-state index in [2.05, 4.69) is 29.0 Å². The Kier molecular flexibility index (Phi) is 4.84. The van der Waals surface area contributed by atoms with E-state index in [1.807, 2.05) is 7.05 Å². The van der Waals surface area contributed by atoms with Crippen molar-refractivity contribution in [1.29, 1.82) is 5.26 Å². The molecule has 5 heteroatoms. The molecule has 0 bridgehead atoms. The van der Waals surface area contributed by atoms with Gasteiger partial charge in [-0.2, -0.15) is 5.26 Å². The van der Waals surface area contributed by atoms with Gasteiger partial charge >= 0.3 is 0 Å². The summed E-state index contributed by atoms with van der Waals surface area (Å²) in [6.45, 7) is 1.84. The van der Waals surface area contributed by atoms with E-state index < -0.39 is 0 Å². The molecule has 1 aromatic rings. The fourth-order valence-corrected chi connectivity index (χ4v) is 3.81. The first-order valence-corrected chi connectivity index (χ1v) is 8.49. The minimum Gasteiger partial charge on any atom is -0.380 e. The van der Waals surface area contributed by atoms with E-state index in [4.69, 9.17) is 9.72 Å². The SMILES string of the molecule is CO[C@H]1C[C@@H](CN(C)c2nc3c(cc2C#N)CCCC3)N(C)C1. The van der Waals surface area contributed by atoms with Crippen molar-refractivity contribution in [2.24, 2.45) is 0 Å². The topological polar surface area (TPSA) is 52.4 Å². The van der Waals surface area contributed by atoms with Gasteiger partial charge in [-0.1, -0.05) is 0 Å². The number of aryl methyl sites for hydroxylation is 2. The van der Waals surface area contributed by atoms with Gasteiger partial charge in [0.05, 0.1) is 11.7 Å². The Morgan fingerprint density at radius 1 is 1.43 bits per heavy atom. The van der Waals surface area contributed by atoms with Crippen LogP contribution in [0.1, 0.15) is 36.1 Å². The molecule has 0 unspecified atom stereocenters. The molecule has 0 saturated carbocycles. The van der Waals surface area contributed by atoms with Crippen LogP contribution in [-0.4, -0.2) is 56.3 Å². The smallest absolute Gasteiger partial charge is 0.146 e. The van der Waals surface area contributed by atoms with Crippen LogP contribution in [0.4, 0.5) is 5.82 Å². The number of hydrogen-bond donors (Lipinski definition) is 0. The van der Waals surface area contributed by atoms with E-state index in [0.29, 0.717) is 17.7 Å². The quantitative estimate of drug-likeness (QED) is 0.851. The molecule has 0 N–H and O–H groups in total. The summed E-state index contributed by atoms with van der Waals surface area (Å²) in [5, 5.41) is 9.51. The van der Waals surface area contributed by atoms with Crippen LogP contribution in [0.2, 0.25) is 0 Å². The van der Waals surface area contributed by atoms with Crippen LogP contribution in [0.5, 0.6) is 0 Å². The molecule has 1 saturated heterocycles. The number of nitriles is 1. The van der Waals surface area contributed by atoms with Gasteiger partial charge in [-0.3, -0.25) is 4.90 Å². The van der Waals surface area contributed by atoms with Crippen LogP contribution in [0.15, 0.2) is 6.07 Å². The monoisotopic (exact) mass is 314 g/mol. The zero-order chi connectivity index (χ0) is 16.4. The van der Waals surface area contributed by atoms with Gasteiger partial charge in [0.1, 0.15) is 11.9 Å². The van der Waals surface area contributed by atoms with Crippen LogP contribution in [0.3, 0.4) is 0 Å². The normalized spacial score (nSPS) is 24.3. The maximum atomic E-state index is 9.51. The molecule has 5 nitrogen and oxygen atoms in total. The Hall–Kier alpha value is -1.64. The summed E-state index contributed by atoms with van der Waals surface area (Å²) in [5.41, 5.74) is 3.16. The Morgan fingerprint density at radius 3 is 2.91 bits per heavy atom. The van der Waals surface area contributed by atoms with Crippen LogP contribution in [-0.2, 0) is 17.6 Å². The van der Waals surface area contributed by atoms with Gasteiger partial charge in [0.2, 0.25) is 0 Å². The van der Waals surface area contributed by atoms with Crippen molar-refractivity contribution < 1.29 is 4.74 Å². The Labute approximate surface area is 138 Å². The third-order valence-corrected chi connectivity index (χ3v) is 5.23. The highest BCUT2D eigenvalue weighted by Gasteiger charge is 2.31. The molecule has 2 heterocycles. The molecule has 2 aliphatic rings. The molecular weight excluding hydrogens is 288 g/mol. The average Bonchev–Trinajstić information content (AvgIpc) is 2.93. The summed E-state index contributed by atoms with van der Waals surface area (Å²) in [7, 11) is 5.97. The lowest BCUT2D eigenvalue weighted by molar-refractivity contribution is 0.111. The molecule has 0 radical (unpaired) electrons. The highest BCUT2D eigenvalue weighted by Crippen LogP contribution is 2.27. The molecular formula is C18H26N4O. The van der Waals surface area contributed by atoms with Crippen LogP contribution >= 0.6 is 0 Å². The lowest BCUT2D eigenvalue weighted by Gasteiger charge is -2.28. The van der Waals surface area contributed by atoms with Crippen molar-refractivity contribution >= 4 is 5.82 Å². The van der Waals surface area contributed by atoms with Gasteiger partial charge in [-0.15, -0.1) is 0 Å². The maximum absolute atomic E-state index is 9.51. The molecule has 124 valence electrons. The van der Waals surface area contributed by atoms with Crippen LogP contribution in [0.25, 0.3) is 0 Å². The Morgan fingerprint density at radius 2 is 2.22 bits per heavy atom. The molecule has 0 spiro atoms. The second-order valence-electron chi connectivity index (χ2n) is 6.85. The number of likely N-dealkylation sites (N-methyl/N-ethyl adjacent to an activating group) is 2. The van der Waals surface area contributed by atoms with E-state index in [-0.39, 0.29) is 0 Å². The van der Waals surface area contributed by atoms with Gasteiger partial charge in [0, 0.05) is 39.0 Å². The molecule has 1 aliphatic heterocycles. The minimum atomic E-state index is 0.310. The van der Waals surface area contributed by atoms with Crippen LogP contribution < -0.4 is 4.90 Å². The highest BCUT2D eigenvalue weighted by atomic mass is 16.5. The predicted octanol–water partition coefficient (Wildman–Crippen LogP) is 1.99. The number of fused-ring (bicyclic) bond motifs is 1. The number of methoxy groups -OCH3 is 1. The van der Waals surface area contributed by atoms with Crippen LogP contribution in [0, 0.1) is 11.3 Å². The van der Waals surface area contributed by atoms with Gasteiger partial charge in [-0.25, -0.2) is 4.98 Å². The van der Waals surface area contributed by atoms with E-state index in [9.17, 15) is 5.26 Å². The molecule has 23 heavy (non-hydrogen) atoms. The van der Waals surface area contributed by atoms with Crippen molar-refractivity contribution in [3.63, 3.8) is 0 Å². The van der Waals surface area contributed by atoms with Gasteiger partial charge in [-0.05, 0) is 50.8 Å². The fraction of sp³-hybridized carbons (Fsp3) is 0.667. The summed E-state index contributed by atoms with van der Waals surface area (Å²) >= 11 is 0. The second kappa shape index (κ2) is 6.86. The lowest BCUT2D eigenvalue weighted by atomic mass is 9.95. The first kappa shape index (κ1) is 16.2. The minimum absolute atomic E-state index is 0.310. The number of ether oxygens (including phenoxy) is 1. The molecule has 1 fully saturated rings. The first-order valence-electron chi connectivity index (χ1n) is 8.49. The number of aromatic nitrogens is 1.